The number of benzene rings is 2. The Kier molecular flexibility index (Phi) is 4.63. The largest absolute Gasteiger partial charge is 0.487 e. The molecule has 1 aliphatic rings. The van der Waals surface area contributed by atoms with Gasteiger partial charge in [0, 0.05) is 18.4 Å². The summed E-state index contributed by atoms with van der Waals surface area (Å²) in [5, 5.41) is 0. The summed E-state index contributed by atoms with van der Waals surface area (Å²) in [6, 6.07) is 11.2. The molecule has 0 amide bonds. The Morgan fingerprint density at radius 1 is 1.29 bits per heavy atom. The molecule has 0 spiro atoms. The zero-order valence-electron chi connectivity index (χ0n) is 15.7. The molecule has 1 aliphatic heterocycles. The Labute approximate surface area is 163 Å². The van der Waals surface area contributed by atoms with E-state index in [2.05, 4.69) is 14.7 Å². The smallest absolute Gasteiger partial charge is 0.212 e. The molecule has 0 saturated heterocycles. The van der Waals surface area contributed by atoms with Gasteiger partial charge in [0.15, 0.2) is 0 Å². The summed E-state index contributed by atoms with van der Waals surface area (Å²) in [4.78, 5) is 7.55. The minimum atomic E-state index is -3.61. The molecule has 28 heavy (non-hydrogen) atoms. The van der Waals surface area contributed by atoms with E-state index in [0.717, 1.165) is 11.0 Å². The van der Waals surface area contributed by atoms with E-state index in [9.17, 15) is 12.8 Å². The number of rotatable bonds is 5. The summed E-state index contributed by atoms with van der Waals surface area (Å²) in [6.45, 7) is 3.77. The lowest BCUT2D eigenvalue weighted by Gasteiger charge is -2.37. The topological polar surface area (TPSA) is 84.1 Å². The molecule has 0 fully saturated rings. The monoisotopic (exact) mass is 403 g/mol. The molecule has 148 valence electrons. The minimum Gasteiger partial charge on any atom is -0.487 e. The van der Waals surface area contributed by atoms with Crippen molar-refractivity contribution in [2.45, 2.75) is 38.3 Å². The van der Waals surface area contributed by atoms with Crippen molar-refractivity contribution in [1.29, 1.82) is 0 Å². The number of hydrogen-bond acceptors (Lipinski definition) is 4. The van der Waals surface area contributed by atoms with E-state index in [0.29, 0.717) is 23.6 Å². The molecule has 2 aromatic carbocycles. The minimum absolute atomic E-state index is 0.116. The Bertz CT molecular complexity index is 1090. The molecule has 4 rings (SSSR count). The van der Waals surface area contributed by atoms with Crippen LogP contribution in [0.25, 0.3) is 11.0 Å². The third-order valence-electron chi connectivity index (χ3n) is 4.80. The fourth-order valence-electron chi connectivity index (χ4n) is 3.56. The van der Waals surface area contributed by atoms with Crippen molar-refractivity contribution in [2.24, 2.45) is 0 Å². The molecule has 8 heteroatoms. The standard InChI is InChI=1S/C20H22FN3O3S/c1-20(2)12-17(14-11-13(21)7-8-18(14)27-20)24-28(25,26)10-9-19-22-15-5-3-4-6-16(15)23-19/h3-8,11,17,24H,9-10,12H2,1-2H3,(H,22,23). The Morgan fingerprint density at radius 2 is 2.07 bits per heavy atom. The predicted octanol–water partition coefficient (Wildman–Crippen LogP) is 3.47. The third-order valence-corrected chi connectivity index (χ3v) is 6.18. The molecule has 3 aromatic rings. The Balaban J connectivity index is 1.51. The highest BCUT2D eigenvalue weighted by atomic mass is 32.2. The van der Waals surface area contributed by atoms with Crippen LogP contribution in [0.1, 0.15) is 37.7 Å². The first-order valence-electron chi connectivity index (χ1n) is 9.13. The number of aromatic amines is 1. The molecule has 2 N–H and O–H groups in total. The lowest BCUT2D eigenvalue weighted by atomic mass is 9.90. The average Bonchev–Trinajstić information content (AvgIpc) is 3.03. The van der Waals surface area contributed by atoms with E-state index in [-0.39, 0.29) is 12.2 Å². The van der Waals surface area contributed by atoms with Gasteiger partial charge in [-0.05, 0) is 44.2 Å². The fraction of sp³-hybridized carbons (Fsp3) is 0.350. The highest BCUT2D eigenvalue weighted by Crippen LogP contribution is 2.40. The van der Waals surface area contributed by atoms with Crippen LogP contribution in [0.15, 0.2) is 42.5 Å². The molecule has 0 radical (unpaired) electrons. The normalized spacial score (nSPS) is 18.6. The average molecular weight is 403 g/mol. The van der Waals surface area contributed by atoms with E-state index < -0.39 is 27.5 Å². The number of para-hydroxylation sites is 2. The number of aryl methyl sites for hydroxylation is 1. The SMILES string of the molecule is CC1(C)CC(NS(=O)(=O)CCc2nc3ccccc3[nH]2)c2cc(F)ccc2O1. The molecule has 0 aliphatic carbocycles. The van der Waals surface area contributed by atoms with Crippen LogP contribution in [0.5, 0.6) is 5.75 Å². The van der Waals surface area contributed by atoms with E-state index in [1.807, 2.05) is 38.1 Å². The van der Waals surface area contributed by atoms with Gasteiger partial charge in [-0.2, -0.15) is 0 Å². The van der Waals surface area contributed by atoms with Crippen LogP contribution in [0.4, 0.5) is 4.39 Å². The van der Waals surface area contributed by atoms with Crippen LogP contribution < -0.4 is 9.46 Å². The van der Waals surface area contributed by atoms with Gasteiger partial charge in [-0.3, -0.25) is 0 Å². The fourth-order valence-corrected chi connectivity index (χ4v) is 4.79. The van der Waals surface area contributed by atoms with Crippen LogP contribution in [0, 0.1) is 5.82 Å². The van der Waals surface area contributed by atoms with Gasteiger partial charge in [0.2, 0.25) is 10.0 Å². The van der Waals surface area contributed by atoms with Gasteiger partial charge >= 0.3 is 0 Å². The summed E-state index contributed by atoms with van der Waals surface area (Å²) in [7, 11) is -3.61. The number of hydrogen-bond donors (Lipinski definition) is 2. The maximum Gasteiger partial charge on any atom is 0.212 e. The highest BCUT2D eigenvalue weighted by Gasteiger charge is 2.36. The summed E-state index contributed by atoms with van der Waals surface area (Å²) in [5.41, 5.74) is 1.64. The molecule has 1 atom stereocenters. The summed E-state index contributed by atoms with van der Waals surface area (Å²) in [5.74, 6) is 0.580. The van der Waals surface area contributed by atoms with Crippen LogP contribution in [-0.4, -0.2) is 29.7 Å². The van der Waals surface area contributed by atoms with E-state index in [1.165, 1.54) is 12.1 Å². The van der Waals surface area contributed by atoms with E-state index in [1.54, 1.807) is 6.07 Å². The maximum atomic E-state index is 13.7. The first kappa shape index (κ1) is 18.9. The van der Waals surface area contributed by atoms with Crippen molar-refractivity contribution in [3.63, 3.8) is 0 Å². The quantitative estimate of drug-likeness (QED) is 0.683. The summed E-state index contributed by atoms with van der Waals surface area (Å²) in [6.07, 6.45) is 0.667. The lowest BCUT2D eigenvalue weighted by molar-refractivity contribution is 0.0699. The number of nitrogens with zero attached hydrogens (tertiary/aromatic N) is 1. The van der Waals surface area contributed by atoms with Crippen molar-refractivity contribution >= 4 is 21.1 Å². The van der Waals surface area contributed by atoms with Crippen molar-refractivity contribution in [2.75, 3.05) is 5.75 Å². The van der Waals surface area contributed by atoms with Crippen LogP contribution >= 0.6 is 0 Å². The number of fused-ring (bicyclic) bond motifs is 2. The number of sulfonamides is 1. The van der Waals surface area contributed by atoms with Gasteiger partial charge in [0.25, 0.3) is 0 Å². The lowest BCUT2D eigenvalue weighted by Crippen LogP contribution is -2.42. The number of ether oxygens (including phenoxy) is 1. The van der Waals surface area contributed by atoms with Crippen molar-refractivity contribution in [1.82, 2.24) is 14.7 Å². The number of H-pyrrole nitrogens is 1. The molecular formula is C20H22FN3O3S. The van der Waals surface area contributed by atoms with Gasteiger partial charge in [-0.1, -0.05) is 12.1 Å². The van der Waals surface area contributed by atoms with Crippen LogP contribution in [0.3, 0.4) is 0 Å². The van der Waals surface area contributed by atoms with Crippen molar-refractivity contribution in [3.8, 4) is 5.75 Å². The van der Waals surface area contributed by atoms with Crippen LogP contribution in [0.2, 0.25) is 0 Å². The second-order valence-electron chi connectivity index (χ2n) is 7.69. The molecule has 2 heterocycles. The number of nitrogens with one attached hydrogen (secondary N) is 2. The van der Waals surface area contributed by atoms with Gasteiger partial charge in [0.1, 0.15) is 23.0 Å². The van der Waals surface area contributed by atoms with E-state index >= 15 is 0 Å². The van der Waals surface area contributed by atoms with E-state index in [4.69, 9.17) is 4.74 Å². The molecular weight excluding hydrogens is 381 g/mol. The first-order chi connectivity index (χ1) is 13.2. The second kappa shape index (κ2) is 6.86. The molecule has 1 unspecified atom stereocenters. The van der Waals surface area contributed by atoms with Gasteiger partial charge < -0.3 is 9.72 Å². The first-order valence-corrected chi connectivity index (χ1v) is 10.8. The van der Waals surface area contributed by atoms with Crippen molar-refractivity contribution < 1.29 is 17.5 Å². The Hall–Kier alpha value is -2.45. The third kappa shape index (κ3) is 4.02. The number of aromatic nitrogens is 2. The highest BCUT2D eigenvalue weighted by molar-refractivity contribution is 7.89. The molecule has 0 bridgehead atoms. The summed E-state index contributed by atoms with van der Waals surface area (Å²) >= 11 is 0. The Morgan fingerprint density at radius 3 is 2.86 bits per heavy atom. The zero-order chi connectivity index (χ0) is 19.9. The number of halogens is 1. The molecule has 1 aromatic heterocycles. The van der Waals surface area contributed by atoms with Gasteiger partial charge in [-0.25, -0.2) is 22.5 Å². The maximum absolute atomic E-state index is 13.7. The summed E-state index contributed by atoms with van der Waals surface area (Å²) < 4.78 is 47.7. The number of imidazole rings is 1. The molecule has 6 nitrogen and oxygen atoms in total. The van der Waals surface area contributed by atoms with Crippen molar-refractivity contribution in [3.05, 3.63) is 59.7 Å². The van der Waals surface area contributed by atoms with Gasteiger partial charge in [0.05, 0.1) is 22.8 Å². The van der Waals surface area contributed by atoms with Gasteiger partial charge in [-0.15, -0.1) is 0 Å². The van der Waals surface area contributed by atoms with Crippen LogP contribution in [-0.2, 0) is 16.4 Å². The second-order valence-corrected chi connectivity index (χ2v) is 9.56. The zero-order valence-corrected chi connectivity index (χ0v) is 16.5. The molecule has 0 saturated carbocycles. The predicted molar refractivity (Wildman–Crippen MR) is 105 cm³/mol.